The second-order valence-electron chi connectivity index (χ2n) is 6.90. The van der Waals surface area contributed by atoms with Gasteiger partial charge >= 0.3 is 0 Å². The second kappa shape index (κ2) is 9.98. The van der Waals surface area contributed by atoms with Gasteiger partial charge in [0.1, 0.15) is 5.75 Å². The van der Waals surface area contributed by atoms with Crippen LogP contribution in [0.15, 0.2) is 87.3 Å². The number of hydrogen-bond acceptors (Lipinski definition) is 6. The normalized spacial score (nSPS) is 11.5. The van der Waals surface area contributed by atoms with Crippen molar-refractivity contribution in [3.8, 4) is 5.75 Å². The predicted octanol–water partition coefficient (Wildman–Crippen LogP) is 5.17. The van der Waals surface area contributed by atoms with Crippen LogP contribution in [0.1, 0.15) is 6.92 Å². The zero-order valence-corrected chi connectivity index (χ0v) is 20.8. The molecule has 33 heavy (non-hydrogen) atoms. The molecule has 170 valence electrons. The summed E-state index contributed by atoms with van der Waals surface area (Å²) in [6, 6.07) is 20.4. The molecule has 0 aliphatic rings. The first kappa shape index (κ1) is 23.3. The quantitative estimate of drug-likeness (QED) is 0.307. The van der Waals surface area contributed by atoms with Gasteiger partial charge in [-0.1, -0.05) is 39.8 Å². The van der Waals surface area contributed by atoms with Crippen molar-refractivity contribution < 1.29 is 17.9 Å². The van der Waals surface area contributed by atoms with Crippen molar-refractivity contribution >= 4 is 60.3 Å². The fraction of sp³-hybridized carbons (Fsp3) is 0.130. The minimum Gasteiger partial charge on any atom is -0.494 e. The summed E-state index contributed by atoms with van der Waals surface area (Å²) in [5, 5.41) is 3.03. The zero-order valence-electron chi connectivity index (χ0n) is 17.6. The van der Waals surface area contributed by atoms with Gasteiger partial charge in [-0.05, 0) is 67.6 Å². The van der Waals surface area contributed by atoms with Crippen molar-refractivity contribution in [3.05, 3.63) is 77.3 Å². The maximum atomic E-state index is 13.4. The van der Waals surface area contributed by atoms with Crippen molar-refractivity contribution in [2.75, 3.05) is 17.7 Å². The first-order chi connectivity index (χ1) is 15.9. The van der Waals surface area contributed by atoms with E-state index < -0.39 is 10.0 Å². The molecule has 0 radical (unpaired) electrons. The third-order valence-corrected chi connectivity index (χ3v) is 7.92. The molecule has 0 atom stereocenters. The number of aromatic nitrogens is 2. The van der Waals surface area contributed by atoms with E-state index in [2.05, 4.69) is 26.2 Å². The van der Waals surface area contributed by atoms with E-state index in [-0.39, 0.29) is 21.7 Å². The molecule has 1 aromatic heterocycles. The van der Waals surface area contributed by atoms with E-state index >= 15 is 0 Å². The van der Waals surface area contributed by atoms with E-state index in [0.717, 1.165) is 22.0 Å². The van der Waals surface area contributed by atoms with Gasteiger partial charge < -0.3 is 10.1 Å². The zero-order chi connectivity index (χ0) is 23.4. The Labute approximate surface area is 204 Å². The minimum absolute atomic E-state index is 0.00755. The average Bonchev–Trinajstić information content (AvgIpc) is 3.19. The van der Waals surface area contributed by atoms with E-state index in [1.165, 1.54) is 16.1 Å². The van der Waals surface area contributed by atoms with E-state index in [4.69, 9.17) is 4.74 Å². The first-order valence-electron chi connectivity index (χ1n) is 10.0. The van der Waals surface area contributed by atoms with E-state index in [0.29, 0.717) is 23.3 Å². The topological polar surface area (TPSA) is 90.3 Å². The van der Waals surface area contributed by atoms with Gasteiger partial charge in [0, 0.05) is 10.2 Å². The van der Waals surface area contributed by atoms with Crippen LogP contribution in [0.3, 0.4) is 0 Å². The van der Waals surface area contributed by atoms with Gasteiger partial charge in [0.25, 0.3) is 10.0 Å². The molecular formula is C23H20BrN3O4S2. The largest absolute Gasteiger partial charge is 0.494 e. The molecule has 1 heterocycles. The monoisotopic (exact) mass is 545 g/mol. The summed E-state index contributed by atoms with van der Waals surface area (Å²) in [6.07, 6.45) is 0. The summed E-state index contributed by atoms with van der Waals surface area (Å²) in [7, 11) is -3.92. The Morgan fingerprint density at radius 1 is 1.06 bits per heavy atom. The Morgan fingerprint density at radius 3 is 2.45 bits per heavy atom. The summed E-state index contributed by atoms with van der Waals surface area (Å²) in [6.45, 7) is 2.46. The van der Waals surface area contributed by atoms with Gasteiger partial charge in [0.15, 0.2) is 5.16 Å². The number of benzene rings is 3. The molecule has 1 amide bonds. The van der Waals surface area contributed by atoms with Crippen molar-refractivity contribution in [1.82, 2.24) is 8.96 Å². The number of imidazole rings is 1. The van der Waals surface area contributed by atoms with Crippen LogP contribution >= 0.6 is 27.7 Å². The van der Waals surface area contributed by atoms with Gasteiger partial charge in [-0.15, -0.1) is 0 Å². The van der Waals surface area contributed by atoms with Gasteiger partial charge in [-0.3, -0.25) is 4.79 Å². The highest BCUT2D eigenvalue weighted by Crippen LogP contribution is 2.29. The van der Waals surface area contributed by atoms with Gasteiger partial charge in [0.05, 0.1) is 28.3 Å². The van der Waals surface area contributed by atoms with E-state index in [9.17, 15) is 13.2 Å². The Hall–Kier alpha value is -2.82. The number of nitrogens with one attached hydrogen (secondary N) is 1. The summed E-state index contributed by atoms with van der Waals surface area (Å²) in [4.78, 5) is 17.1. The third-order valence-electron chi connectivity index (χ3n) is 4.62. The fourth-order valence-corrected chi connectivity index (χ4v) is 5.92. The highest BCUT2D eigenvalue weighted by atomic mass is 79.9. The Balaban J connectivity index is 1.58. The standard InChI is InChI=1S/C23H20BrN3O4S2/c1-2-31-18-11-9-17(10-12-18)25-22(28)15-32-23-26-20-5-3-4-6-21(20)27(23)33(29,30)19-13-7-16(24)8-14-19/h3-14H,2,15H2,1H3,(H,25,28). The lowest BCUT2D eigenvalue weighted by atomic mass is 10.3. The SMILES string of the molecule is CCOc1ccc(NC(=O)CSc2nc3ccccc3n2S(=O)(=O)c2ccc(Br)cc2)cc1. The van der Waals surface area contributed by atoms with Crippen molar-refractivity contribution in [3.63, 3.8) is 0 Å². The number of hydrogen-bond donors (Lipinski definition) is 1. The number of para-hydroxylation sites is 2. The molecule has 0 spiro atoms. The second-order valence-corrected chi connectivity index (χ2v) is 10.5. The molecule has 0 bridgehead atoms. The number of halogens is 1. The molecule has 1 N–H and O–H groups in total. The van der Waals surface area contributed by atoms with Crippen LogP contribution in [0, 0.1) is 0 Å². The van der Waals surface area contributed by atoms with Crippen LogP contribution in [-0.2, 0) is 14.8 Å². The summed E-state index contributed by atoms with van der Waals surface area (Å²) in [5.41, 5.74) is 1.61. The third kappa shape index (κ3) is 5.23. The molecule has 0 aliphatic carbocycles. The molecule has 7 nitrogen and oxygen atoms in total. The highest BCUT2D eigenvalue weighted by molar-refractivity contribution is 9.10. The van der Waals surface area contributed by atoms with E-state index in [1.54, 1.807) is 60.7 Å². The molecule has 0 saturated heterocycles. The summed E-state index contributed by atoms with van der Waals surface area (Å²) < 4.78 is 34.3. The Morgan fingerprint density at radius 2 is 1.76 bits per heavy atom. The van der Waals surface area contributed by atoms with Crippen LogP contribution in [-0.4, -0.2) is 35.6 Å². The minimum atomic E-state index is -3.92. The number of thioether (sulfide) groups is 1. The molecule has 0 aliphatic heterocycles. The molecule has 0 fully saturated rings. The maximum Gasteiger partial charge on any atom is 0.270 e. The van der Waals surface area contributed by atoms with Gasteiger partial charge in [0.2, 0.25) is 5.91 Å². The maximum absolute atomic E-state index is 13.4. The highest BCUT2D eigenvalue weighted by Gasteiger charge is 2.25. The van der Waals surface area contributed by atoms with E-state index in [1.807, 2.05) is 6.92 Å². The molecule has 4 rings (SSSR count). The lowest BCUT2D eigenvalue weighted by molar-refractivity contribution is -0.113. The number of carbonyl (C=O) groups excluding carboxylic acids is 1. The van der Waals surface area contributed by atoms with Crippen LogP contribution in [0.25, 0.3) is 11.0 Å². The smallest absolute Gasteiger partial charge is 0.270 e. The number of rotatable bonds is 8. The van der Waals surface area contributed by atoms with Crippen molar-refractivity contribution in [1.29, 1.82) is 0 Å². The number of amides is 1. The number of anilines is 1. The fourth-order valence-electron chi connectivity index (χ4n) is 3.15. The lowest BCUT2D eigenvalue weighted by Crippen LogP contribution is -2.17. The van der Waals surface area contributed by atoms with Gasteiger partial charge in [-0.25, -0.2) is 17.4 Å². The van der Waals surface area contributed by atoms with Crippen LogP contribution in [0.5, 0.6) is 5.75 Å². The molecule has 4 aromatic rings. The molecule has 0 saturated carbocycles. The van der Waals surface area contributed by atoms with Crippen molar-refractivity contribution in [2.24, 2.45) is 0 Å². The van der Waals surface area contributed by atoms with Gasteiger partial charge in [-0.2, -0.15) is 0 Å². The predicted molar refractivity (Wildman–Crippen MR) is 133 cm³/mol. The molecule has 10 heteroatoms. The first-order valence-corrected chi connectivity index (χ1v) is 13.2. The number of fused-ring (bicyclic) bond motifs is 1. The molecule has 0 unspecified atom stereocenters. The molecule has 3 aromatic carbocycles. The van der Waals surface area contributed by atoms with Crippen LogP contribution < -0.4 is 10.1 Å². The Bertz CT molecular complexity index is 1390. The lowest BCUT2D eigenvalue weighted by Gasteiger charge is -2.11. The number of nitrogens with zero attached hydrogens (tertiary/aromatic N) is 2. The van der Waals surface area contributed by atoms with Crippen molar-refractivity contribution in [2.45, 2.75) is 17.0 Å². The average molecular weight is 546 g/mol. The van der Waals surface area contributed by atoms with Crippen LogP contribution in [0.4, 0.5) is 5.69 Å². The molecular weight excluding hydrogens is 526 g/mol. The number of carbonyl (C=O) groups is 1. The summed E-state index contributed by atoms with van der Waals surface area (Å²) >= 11 is 4.39. The summed E-state index contributed by atoms with van der Waals surface area (Å²) in [5.74, 6) is 0.437. The Kier molecular flexibility index (Phi) is 7.06. The number of ether oxygens (including phenoxy) is 1. The van der Waals surface area contributed by atoms with Crippen LogP contribution in [0.2, 0.25) is 0 Å².